The van der Waals surface area contributed by atoms with E-state index in [0.717, 1.165) is 24.1 Å². The molecule has 0 saturated carbocycles. The first kappa shape index (κ1) is 22.0. The molecular formula is C27H24FNO5. The van der Waals surface area contributed by atoms with Crippen LogP contribution in [0, 0.1) is 5.82 Å². The number of fused-ring (bicyclic) bond motifs is 3. The third-order valence-electron chi connectivity index (χ3n) is 6.04. The van der Waals surface area contributed by atoms with Crippen LogP contribution < -0.4 is 18.9 Å². The van der Waals surface area contributed by atoms with Crippen LogP contribution in [0.25, 0.3) is 6.08 Å². The van der Waals surface area contributed by atoms with Crippen LogP contribution in [0.1, 0.15) is 27.0 Å². The van der Waals surface area contributed by atoms with Crippen molar-refractivity contribution in [2.24, 2.45) is 0 Å². The van der Waals surface area contributed by atoms with Gasteiger partial charge >= 0.3 is 0 Å². The molecule has 0 saturated heterocycles. The van der Waals surface area contributed by atoms with Gasteiger partial charge in [0.1, 0.15) is 24.0 Å². The number of halogens is 1. The zero-order valence-corrected chi connectivity index (χ0v) is 19.0. The number of hydrogen-bond donors (Lipinski definition) is 0. The minimum absolute atomic E-state index is 0.107. The average molecular weight is 461 g/mol. The molecule has 0 radical (unpaired) electrons. The summed E-state index contributed by atoms with van der Waals surface area (Å²) in [5.41, 5.74) is 2.71. The van der Waals surface area contributed by atoms with Crippen molar-refractivity contribution in [1.82, 2.24) is 4.90 Å². The van der Waals surface area contributed by atoms with Crippen molar-refractivity contribution in [3.8, 4) is 23.0 Å². The highest BCUT2D eigenvalue weighted by Gasteiger charge is 2.33. The smallest absolute Gasteiger partial charge is 0.231 e. The van der Waals surface area contributed by atoms with Crippen molar-refractivity contribution in [3.05, 3.63) is 88.4 Å². The Morgan fingerprint density at radius 1 is 1.06 bits per heavy atom. The maximum Gasteiger partial charge on any atom is 0.231 e. The summed E-state index contributed by atoms with van der Waals surface area (Å²) in [6.45, 7) is 1.75. The molecule has 0 amide bonds. The molecule has 2 aliphatic rings. The highest BCUT2D eigenvalue weighted by atomic mass is 19.1. The first-order chi connectivity index (χ1) is 16.6. The van der Waals surface area contributed by atoms with Gasteiger partial charge in [-0.1, -0.05) is 24.3 Å². The maximum atomic E-state index is 14.1. The molecule has 6 nitrogen and oxygen atoms in total. The molecule has 0 aliphatic carbocycles. The Bertz CT molecular complexity index is 1290. The Balaban J connectivity index is 1.34. The van der Waals surface area contributed by atoms with Gasteiger partial charge < -0.3 is 18.9 Å². The van der Waals surface area contributed by atoms with Crippen LogP contribution in [-0.2, 0) is 13.0 Å². The molecule has 7 heteroatoms. The number of ether oxygens (including phenoxy) is 4. The number of rotatable bonds is 6. The second-order valence-electron chi connectivity index (χ2n) is 8.15. The van der Waals surface area contributed by atoms with E-state index in [9.17, 15) is 9.18 Å². The van der Waals surface area contributed by atoms with E-state index in [1.165, 1.54) is 12.1 Å². The summed E-state index contributed by atoms with van der Waals surface area (Å²) in [7, 11) is 3.23. The first-order valence-electron chi connectivity index (χ1n) is 11.0. The summed E-state index contributed by atoms with van der Waals surface area (Å²) < 4.78 is 36.7. The number of methoxy groups -OCH3 is 2. The van der Waals surface area contributed by atoms with Crippen molar-refractivity contribution < 1.29 is 28.1 Å². The SMILES string of the molecule is COc1ccc(CCN2COc3ccc4c(c3C2)O/C(=C\c2ccccc2F)C4=O)cc1OC. The first-order valence-corrected chi connectivity index (χ1v) is 11.0. The Kier molecular flexibility index (Phi) is 5.94. The van der Waals surface area contributed by atoms with Crippen LogP contribution in [0.3, 0.4) is 0 Å². The van der Waals surface area contributed by atoms with Gasteiger partial charge in [-0.2, -0.15) is 0 Å². The number of allylic oxidation sites excluding steroid dienone is 1. The number of Topliss-reactive ketones (excluding diaryl/α,β-unsaturated/α-hetero) is 1. The highest BCUT2D eigenvalue weighted by molar-refractivity contribution is 6.15. The fraction of sp³-hybridized carbons (Fsp3) is 0.222. The van der Waals surface area contributed by atoms with Gasteiger partial charge in [-0.15, -0.1) is 0 Å². The average Bonchev–Trinajstić information content (AvgIpc) is 3.19. The van der Waals surface area contributed by atoms with Crippen LogP contribution >= 0.6 is 0 Å². The Morgan fingerprint density at radius 2 is 1.88 bits per heavy atom. The van der Waals surface area contributed by atoms with E-state index >= 15 is 0 Å². The molecule has 0 aromatic heterocycles. The van der Waals surface area contributed by atoms with Gasteiger partial charge in [0.2, 0.25) is 5.78 Å². The predicted molar refractivity (Wildman–Crippen MR) is 125 cm³/mol. The highest BCUT2D eigenvalue weighted by Crippen LogP contribution is 2.42. The van der Waals surface area contributed by atoms with Crippen molar-refractivity contribution >= 4 is 11.9 Å². The predicted octanol–water partition coefficient (Wildman–Crippen LogP) is 4.85. The molecule has 0 spiro atoms. The second-order valence-corrected chi connectivity index (χ2v) is 8.15. The molecule has 0 unspecified atom stereocenters. The number of hydrogen-bond acceptors (Lipinski definition) is 6. The summed E-state index contributed by atoms with van der Waals surface area (Å²) in [4.78, 5) is 15.1. The lowest BCUT2D eigenvalue weighted by Gasteiger charge is -2.29. The van der Waals surface area contributed by atoms with E-state index in [1.54, 1.807) is 44.6 Å². The topological polar surface area (TPSA) is 57.2 Å². The largest absolute Gasteiger partial charge is 0.493 e. The fourth-order valence-electron chi connectivity index (χ4n) is 4.20. The number of carbonyl (C=O) groups is 1. The number of ketones is 1. The van der Waals surface area contributed by atoms with Crippen molar-refractivity contribution in [2.45, 2.75) is 13.0 Å². The fourth-order valence-corrected chi connectivity index (χ4v) is 4.20. The van der Waals surface area contributed by atoms with Gasteiger partial charge in [0.05, 0.1) is 25.3 Å². The molecule has 5 rings (SSSR count). The molecule has 2 heterocycles. The van der Waals surface area contributed by atoms with Crippen molar-refractivity contribution in [1.29, 1.82) is 0 Å². The maximum absolute atomic E-state index is 14.1. The molecule has 2 aliphatic heterocycles. The molecule has 0 atom stereocenters. The third kappa shape index (κ3) is 4.10. The molecule has 3 aromatic rings. The number of benzene rings is 3. The van der Waals surface area contributed by atoms with E-state index < -0.39 is 5.82 Å². The Hall–Kier alpha value is -3.84. The Morgan fingerprint density at radius 3 is 2.68 bits per heavy atom. The van der Waals surface area contributed by atoms with Gasteiger partial charge in [0, 0.05) is 18.7 Å². The van der Waals surface area contributed by atoms with Crippen LogP contribution in [0.5, 0.6) is 23.0 Å². The third-order valence-corrected chi connectivity index (χ3v) is 6.04. The molecule has 174 valence electrons. The monoisotopic (exact) mass is 461 g/mol. The van der Waals surface area contributed by atoms with Crippen LogP contribution in [0.2, 0.25) is 0 Å². The molecular weight excluding hydrogens is 437 g/mol. The van der Waals surface area contributed by atoms with Gasteiger partial charge in [-0.25, -0.2) is 4.39 Å². The van der Waals surface area contributed by atoms with Gasteiger partial charge in [-0.05, 0) is 48.4 Å². The van der Waals surface area contributed by atoms with Gasteiger partial charge in [0.15, 0.2) is 17.3 Å². The lowest BCUT2D eigenvalue weighted by molar-refractivity contribution is 0.0949. The van der Waals surface area contributed by atoms with Crippen LogP contribution in [-0.4, -0.2) is 38.2 Å². The summed E-state index contributed by atoms with van der Waals surface area (Å²) in [5, 5.41) is 0. The summed E-state index contributed by atoms with van der Waals surface area (Å²) in [5.74, 6) is 2.01. The lowest BCUT2D eigenvalue weighted by atomic mass is 10.0. The van der Waals surface area contributed by atoms with Crippen LogP contribution in [0.4, 0.5) is 4.39 Å². The normalized spacial score (nSPS) is 16.0. The van der Waals surface area contributed by atoms with Gasteiger partial charge in [-0.3, -0.25) is 9.69 Å². The lowest BCUT2D eigenvalue weighted by Crippen LogP contribution is -2.33. The Labute approximate surface area is 197 Å². The summed E-state index contributed by atoms with van der Waals surface area (Å²) >= 11 is 0. The zero-order chi connectivity index (χ0) is 23.7. The van der Waals surface area contributed by atoms with Crippen molar-refractivity contribution in [3.63, 3.8) is 0 Å². The zero-order valence-electron chi connectivity index (χ0n) is 19.0. The minimum Gasteiger partial charge on any atom is -0.493 e. The second kappa shape index (κ2) is 9.19. The number of nitrogens with zero attached hydrogens (tertiary/aromatic N) is 1. The molecule has 34 heavy (non-hydrogen) atoms. The number of carbonyl (C=O) groups excluding carboxylic acids is 1. The molecule has 3 aromatic carbocycles. The van der Waals surface area contributed by atoms with Crippen molar-refractivity contribution in [2.75, 3.05) is 27.5 Å². The van der Waals surface area contributed by atoms with E-state index in [0.29, 0.717) is 47.4 Å². The summed E-state index contributed by atoms with van der Waals surface area (Å²) in [6, 6.07) is 15.7. The van der Waals surface area contributed by atoms with E-state index in [1.807, 2.05) is 18.2 Å². The minimum atomic E-state index is -0.408. The quantitative estimate of drug-likeness (QED) is 0.489. The molecule has 0 bridgehead atoms. The van der Waals surface area contributed by atoms with Gasteiger partial charge in [0.25, 0.3) is 0 Å². The molecule has 0 fully saturated rings. The summed E-state index contributed by atoms with van der Waals surface area (Å²) in [6.07, 6.45) is 2.23. The van der Waals surface area contributed by atoms with E-state index in [4.69, 9.17) is 18.9 Å². The van der Waals surface area contributed by atoms with E-state index in [2.05, 4.69) is 4.90 Å². The standard InChI is InChI=1S/C27H24FNO5/c1-31-23-9-7-17(13-24(23)32-2)11-12-29-15-20-22(33-16-29)10-8-19-26(30)25(34-27(19)20)14-18-5-3-4-6-21(18)28/h3-10,13-14H,11-12,15-16H2,1-2H3/b25-14-. The van der Waals surface area contributed by atoms with Crippen LogP contribution in [0.15, 0.2) is 60.4 Å². The van der Waals surface area contributed by atoms with E-state index in [-0.39, 0.29) is 11.5 Å². The molecule has 0 N–H and O–H groups in total.